The number of para-hydroxylation sites is 1. The molecular formula is C26H23N3O3S. The molecule has 3 aromatic carbocycles. The standard InChI is InChI=1S/C26H23N3O3S/c1-18(2)22-12-7-13-23-25(22)27-26(33-23)28(17-20-8-4-3-5-9-20)24(30)15-14-19-10-6-11-21(16-19)29(31)32/h3-16,18H,17H2,1-2H3/b15-14+. The van der Waals surface area contributed by atoms with E-state index < -0.39 is 4.92 Å². The van der Waals surface area contributed by atoms with Crippen molar-refractivity contribution in [3.05, 3.63) is 106 Å². The van der Waals surface area contributed by atoms with E-state index in [2.05, 4.69) is 19.9 Å². The quantitative estimate of drug-likeness (QED) is 0.179. The van der Waals surface area contributed by atoms with Gasteiger partial charge in [-0.15, -0.1) is 0 Å². The lowest BCUT2D eigenvalue weighted by Crippen LogP contribution is -2.28. The van der Waals surface area contributed by atoms with Crippen molar-refractivity contribution in [2.75, 3.05) is 4.90 Å². The highest BCUT2D eigenvalue weighted by atomic mass is 32.1. The number of rotatable bonds is 7. The second-order valence-electron chi connectivity index (χ2n) is 7.94. The minimum absolute atomic E-state index is 0.0156. The highest BCUT2D eigenvalue weighted by Crippen LogP contribution is 2.34. The van der Waals surface area contributed by atoms with E-state index in [4.69, 9.17) is 4.98 Å². The summed E-state index contributed by atoms with van der Waals surface area (Å²) < 4.78 is 1.03. The minimum atomic E-state index is -0.450. The zero-order valence-corrected chi connectivity index (χ0v) is 19.2. The molecule has 1 heterocycles. The number of carbonyl (C=O) groups is 1. The van der Waals surface area contributed by atoms with E-state index in [1.165, 1.54) is 29.5 Å². The Morgan fingerprint density at radius 1 is 1.09 bits per heavy atom. The molecule has 0 radical (unpaired) electrons. The van der Waals surface area contributed by atoms with Gasteiger partial charge in [-0.05, 0) is 34.8 Å². The van der Waals surface area contributed by atoms with Crippen LogP contribution < -0.4 is 4.90 Å². The first-order chi connectivity index (χ1) is 15.9. The summed E-state index contributed by atoms with van der Waals surface area (Å²) in [6.45, 7) is 4.63. The molecule has 33 heavy (non-hydrogen) atoms. The van der Waals surface area contributed by atoms with Crippen LogP contribution in [0.3, 0.4) is 0 Å². The Morgan fingerprint density at radius 2 is 1.85 bits per heavy atom. The van der Waals surface area contributed by atoms with Gasteiger partial charge in [0.2, 0.25) is 0 Å². The third kappa shape index (κ3) is 5.15. The van der Waals surface area contributed by atoms with Crippen LogP contribution in [-0.2, 0) is 11.3 Å². The van der Waals surface area contributed by atoms with Crippen LogP contribution in [0.2, 0.25) is 0 Å². The summed E-state index contributed by atoms with van der Waals surface area (Å²) in [5.74, 6) is 0.0752. The number of aromatic nitrogens is 1. The highest BCUT2D eigenvalue weighted by molar-refractivity contribution is 7.22. The maximum atomic E-state index is 13.3. The van der Waals surface area contributed by atoms with Crippen molar-refractivity contribution in [1.29, 1.82) is 0 Å². The van der Waals surface area contributed by atoms with Crippen molar-refractivity contribution < 1.29 is 9.72 Å². The Hall–Kier alpha value is -3.84. The Morgan fingerprint density at radius 3 is 2.58 bits per heavy atom. The largest absolute Gasteiger partial charge is 0.280 e. The van der Waals surface area contributed by atoms with Gasteiger partial charge < -0.3 is 0 Å². The van der Waals surface area contributed by atoms with E-state index in [9.17, 15) is 14.9 Å². The molecule has 0 spiro atoms. The molecule has 0 bridgehead atoms. The zero-order chi connectivity index (χ0) is 23.4. The van der Waals surface area contributed by atoms with Crippen LogP contribution in [0.1, 0.15) is 36.5 Å². The van der Waals surface area contributed by atoms with Gasteiger partial charge in [0.05, 0.1) is 21.7 Å². The third-order valence-electron chi connectivity index (χ3n) is 5.24. The van der Waals surface area contributed by atoms with Crippen LogP contribution >= 0.6 is 11.3 Å². The summed E-state index contributed by atoms with van der Waals surface area (Å²) in [7, 11) is 0. The van der Waals surface area contributed by atoms with Gasteiger partial charge >= 0.3 is 0 Å². The second kappa shape index (κ2) is 9.75. The number of anilines is 1. The molecule has 0 fully saturated rings. The summed E-state index contributed by atoms with van der Waals surface area (Å²) in [6, 6.07) is 22.1. The summed E-state index contributed by atoms with van der Waals surface area (Å²) in [5, 5.41) is 11.7. The monoisotopic (exact) mass is 457 g/mol. The summed E-state index contributed by atoms with van der Waals surface area (Å²) in [4.78, 5) is 30.4. The Kier molecular flexibility index (Phi) is 6.60. The molecule has 4 rings (SSSR count). The van der Waals surface area contributed by atoms with Crippen molar-refractivity contribution in [3.8, 4) is 0 Å². The maximum absolute atomic E-state index is 13.3. The van der Waals surface area contributed by atoms with Gasteiger partial charge in [0.1, 0.15) is 0 Å². The predicted octanol–water partition coefficient (Wildman–Crippen LogP) is 6.57. The number of nitro groups is 1. The molecule has 0 saturated heterocycles. The summed E-state index contributed by atoms with van der Waals surface area (Å²) in [5.41, 5.74) is 3.62. The molecule has 6 nitrogen and oxygen atoms in total. The zero-order valence-electron chi connectivity index (χ0n) is 18.3. The molecule has 0 aliphatic heterocycles. The lowest BCUT2D eigenvalue weighted by atomic mass is 10.0. The van der Waals surface area contributed by atoms with Gasteiger partial charge in [-0.3, -0.25) is 19.8 Å². The van der Waals surface area contributed by atoms with Gasteiger partial charge in [0, 0.05) is 18.2 Å². The van der Waals surface area contributed by atoms with Crippen LogP contribution in [0, 0.1) is 10.1 Å². The third-order valence-corrected chi connectivity index (χ3v) is 6.28. The van der Waals surface area contributed by atoms with Crippen molar-refractivity contribution in [1.82, 2.24) is 4.98 Å². The first-order valence-corrected chi connectivity index (χ1v) is 11.4. The van der Waals surface area contributed by atoms with E-state index >= 15 is 0 Å². The van der Waals surface area contributed by atoms with E-state index in [-0.39, 0.29) is 11.6 Å². The smallest absolute Gasteiger partial charge is 0.270 e. The average molecular weight is 458 g/mol. The maximum Gasteiger partial charge on any atom is 0.270 e. The van der Waals surface area contributed by atoms with Crippen molar-refractivity contribution in [2.45, 2.75) is 26.3 Å². The Labute approximate surface area is 196 Å². The van der Waals surface area contributed by atoms with E-state index in [0.29, 0.717) is 23.2 Å². The Balaban J connectivity index is 1.70. The molecule has 0 saturated carbocycles. The minimum Gasteiger partial charge on any atom is -0.280 e. The fraction of sp³-hybridized carbons (Fsp3) is 0.154. The molecule has 0 N–H and O–H groups in total. The number of fused-ring (bicyclic) bond motifs is 1. The highest BCUT2D eigenvalue weighted by Gasteiger charge is 2.20. The van der Waals surface area contributed by atoms with Gasteiger partial charge in [-0.1, -0.05) is 79.8 Å². The van der Waals surface area contributed by atoms with E-state index in [1.54, 1.807) is 23.1 Å². The molecule has 0 aliphatic rings. The van der Waals surface area contributed by atoms with Crippen molar-refractivity contribution >= 4 is 44.4 Å². The first-order valence-electron chi connectivity index (χ1n) is 10.6. The number of non-ortho nitro benzene ring substituents is 1. The fourth-order valence-corrected chi connectivity index (χ4v) is 4.55. The Bertz CT molecular complexity index is 1330. The van der Waals surface area contributed by atoms with Gasteiger partial charge in [0.15, 0.2) is 5.13 Å². The number of hydrogen-bond acceptors (Lipinski definition) is 5. The number of carbonyl (C=O) groups excluding carboxylic acids is 1. The van der Waals surface area contributed by atoms with Gasteiger partial charge in [0.25, 0.3) is 11.6 Å². The molecule has 4 aromatic rings. The van der Waals surface area contributed by atoms with Crippen molar-refractivity contribution in [2.24, 2.45) is 0 Å². The van der Waals surface area contributed by atoms with Crippen LogP contribution in [0.5, 0.6) is 0 Å². The van der Waals surface area contributed by atoms with Crippen molar-refractivity contribution in [3.63, 3.8) is 0 Å². The van der Waals surface area contributed by atoms with Crippen LogP contribution in [0.15, 0.2) is 78.9 Å². The number of hydrogen-bond donors (Lipinski definition) is 0. The molecular weight excluding hydrogens is 434 g/mol. The number of nitrogens with zero attached hydrogens (tertiary/aromatic N) is 3. The van der Waals surface area contributed by atoms with Gasteiger partial charge in [-0.2, -0.15) is 0 Å². The molecule has 1 amide bonds. The van der Waals surface area contributed by atoms with Crippen LogP contribution in [-0.4, -0.2) is 15.8 Å². The topological polar surface area (TPSA) is 76.3 Å². The molecule has 1 aromatic heterocycles. The first kappa shape index (κ1) is 22.4. The lowest BCUT2D eigenvalue weighted by molar-refractivity contribution is -0.384. The van der Waals surface area contributed by atoms with Crippen LogP contribution in [0.25, 0.3) is 16.3 Å². The summed E-state index contributed by atoms with van der Waals surface area (Å²) in [6.07, 6.45) is 3.04. The summed E-state index contributed by atoms with van der Waals surface area (Å²) >= 11 is 1.48. The molecule has 166 valence electrons. The normalized spacial score (nSPS) is 11.4. The van der Waals surface area contributed by atoms with E-state index in [1.807, 2.05) is 42.5 Å². The number of nitro benzene ring substituents is 1. The molecule has 0 aliphatic carbocycles. The SMILES string of the molecule is CC(C)c1cccc2sc(N(Cc3ccccc3)C(=O)/C=C/c3cccc([N+](=O)[O-])c3)nc12. The predicted molar refractivity (Wildman–Crippen MR) is 133 cm³/mol. The fourth-order valence-electron chi connectivity index (χ4n) is 3.54. The average Bonchev–Trinajstić information content (AvgIpc) is 3.25. The number of benzene rings is 3. The number of thiazole rings is 1. The molecule has 0 unspecified atom stereocenters. The van der Waals surface area contributed by atoms with E-state index in [0.717, 1.165) is 21.3 Å². The molecule has 0 atom stereocenters. The lowest BCUT2D eigenvalue weighted by Gasteiger charge is -2.18. The van der Waals surface area contributed by atoms with Crippen LogP contribution in [0.4, 0.5) is 10.8 Å². The number of amides is 1. The molecule has 7 heteroatoms. The second-order valence-corrected chi connectivity index (χ2v) is 8.95. The van der Waals surface area contributed by atoms with Gasteiger partial charge in [-0.25, -0.2) is 4.98 Å².